The van der Waals surface area contributed by atoms with E-state index in [1.165, 1.54) is 0 Å². The van der Waals surface area contributed by atoms with Crippen LogP contribution in [0.25, 0.3) is 10.9 Å². The van der Waals surface area contributed by atoms with Crippen molar-refractivity contribution >= 4 is 16.6 Å². The molecule has 0 saturated carbocycles. The zero-order valence-corrected chi connectivity index (χ0v) is 12.1. The number of fused-ring (bicyclic) bond motifs is 1. The lowest BCUT2D eigenvalue weighted by Crippen LogP contribution is -2.42. The van der Waals surface area contributed by atoms with E-state index in [1.54, 1.807) is 13.0 Å². The maximum absolute atomic E-state index is 14.0. The minimum atomic E-state index is -0.900. The van der Waals surface area contributed by atoms with Gasteiger partial charge in [0.1, 0.15) is 5.52 Å². The maximum Gasteiger partial charge on any atom is 0.185 e. The van der Waals surface area contributed by atoms with E-state index in [-0.39, 0.29) is 17.5 Å². The van der Waals surface area contributed by atoms with Gasteiger partial charge in [0.2, 0.25) is 0 Å². The first-order valence-electron chi connectivity index (χ1n) is 7.15. The van der Waals surface area contributed by atoms with Gasteiger partial charge in [0.15, 0.2) is 11.6 Å². The Balaban J connectivity index is 2.12. The molecule has 0 spiro atoms. The molecule has 0 bridgehead atoms. The molecule has 1 aliphatic rings. The van der Waals surface area contributed by atoms with E-state index >= 15 is 0 Å². The van der Waals surface area contributed by atoms with Gasteiger partial charge in [-0.3, -0.25) is 0 Å². The molecule has 1 aliphatic heterocycles. The molecule has 0 unspecified atom stereocenters. The van der Waals surface area contributed by atoms with Crippen molar-refractivity contribution in [2.75, 3.05) is 18.0 Å². The number of rotatable bonds is 1. The summed E-state index contributed by atoms with van der Waals surface area (Å²) in [5.41, 5.74) is 1.58. The van der Waals surface area contributed by atoms with Crippen LogP contribution in [0.4, 0.5) is 14.5 Å². The molecule has 0 radical (unpaired) electrons. The summed E-state index contributed by atoms with van der Waals surface area (Å²) < 4.78 is 27.4. The summed E-state index contributed by atoms with van der Waals surface area (Å²) in [7, 11) is 0. The Hall–Kier alpha value is -1.75. The van der Waals surface area contributed by atoms with Crippen LogP contribution in [0.3, 0.4) is 0 Å². The van der Waals surface area contributed by atoms with Gasteiger partial charge in [-0.15, -0.1) is 0 Å². The fourth-order valence-electron chi connectivity index (χ4n) is 2.95. The van der Waals surface area contributed by atoms with Gasteiger partial charge in [-0.2, -0.15) is 0 Å². The number of anilines is 1. The monoisotopic (exact) mass is 292 g/mol. The summed E-state index contributed by atoms with van der Waals surface area (Å²) >= 11 is 0. The third-order valence-electron chi connectivity index (χ3n) is 4.18. The Morgan fingerprint density at radius 3 is 2.81 bits per heavy atom. The van der Waals surface area contributed by atoms with Gasteiger partial charge in [-0.25, -0.2) is 13.8 Å². The fourth-order valence-corrected chi connectivity index (χ4v) is 2.95. The molecule has 2 heterocycles. The minimum absolute atomic E-state index is 0.0729. The number of piperidine rings is 1. The van der Waals surface area contributed by atoms with Crippen LogP contribution < -0.4 is 4.90 Å². The molecule has 5 heteroatoms. The van der Waals surface area contributed by atoms with Crippen LogP contribution in [0.1, 0.15) is 19.0 Å². The van der Waals surface area contributed by atoms with Crippen LogP contribution in [0, 0.1) is 24.5 Å². The number of nitrogens with zero attached hydrogens (tertiary/aromatic N) is 2. The highest BCUT2D eigenvalue weighted by molar-refractivity contribution is 5.92. The zero-order valence-electron chi connectivity index (χ0n) is 12.1. The molecule has 1 fully saturated rings. The quantitative estimate of drug-likeness (QED) is 0.877. The van der Waals surface area contributed by atoms with Crippen molar-refractivity contribution in [1.29, 1.82) is 0 Å². The lowest BCUT2D eigenvalue weighted by atomic mass is 9.95. The molecule has 1 aromatic heterocycles. The third-order valence-corrected chi connectivity index (χ3v) is 4.18. The molecule has 2 aromatic rings. The highest BCUT2D eigenvalue weighted by atomic mass is 19.2. The lowest BCUT2D eigenvalue weighted by molar-refractivity contribution is 0.0971. The predicted octanol–water partition coefficient (Wildman–Crippen LogP) is 3.03. The molecular formula is C16H18F2N2O. The van der Waals surface area contributed by atoms with Crippen LogP contribution in [-0.4, -0.2) is 29.3 Å². The van der Waals surface area contributed by atoms with Gasteiger partial charge in [-0.05, 0) is 37.5 Å². The van der Waals surface area contributed by atoms with Crippen molar-refractivity contribution < 1.29 is 13.9 Å². The number of aliphatic hydroxyl groups is 1. The van der Waals surface area contributed by atoms with Crippen LogP contribution in [0.2, 0.25) is 0 Å². The van der Waals surface area contributed by atoms with Crippen molar-refractivity contribution in [1.82, 2.24) is 4.98 Å². The molecular weight excluding hydrogens is 274 g/mol. The molecule has 3 rings (SSSR count). The number of hydrogen-bond donors (Lipinski definition) is 1. The Morgan fingerprint density at radius 2 is 2.10 bits per heavy atom. The molecule has 3 nitrogen and oxygen atoms in total. The van der Waals surface area contributed by atoms with Crippen LogP contribution in [0.15, 0.2) is 18.2 Å². The molecule has 2 atom stereocenters. The number of aromatic nitrogens is 1. The number of hydrogen-bond acceptors (Lipinski definition) is 3. The fraction of sp³-hybridized carbons (Fsp3) is 0.438. The molecule has 21 heavy (non-hydrogen) atoms. The molecule has 0 aliphatic carbocycles. The van der Waals surface area contributed by atoms with Crippen LogP contribution >= 0.6 is 0 Å². The van der Waals surface area contributed by atoms with Crippen LogP contribution in [-0.2, 0) is 0 Å². The van der Waals surface area contributed by atoms with Crippen molar-refractivity contribution in [2.24, 2.45) is 5.92 Å². The maximum atomic E-state index is 14.0. The van der Waals surface area contributed by atoms with Gasteiger partial charge in [-0.1, -0.05) is 6.92 Å². The smallest absolute Gasteiger partial charge is 0.185 e. The Morgan fingerprint density at radius 1 is 1.33 bits per heavy atom. The van der Waals surface area contributed by atoms with Gasteiger partial charge >= 0.3 is 0 Å². The average Bonchev–Trinajstić information content (AvgIpc) is 2.45. The first-order chi connectivity index (χ1) is 9.97. The third kappa shape index (κ3) is 2.46. The average molecular weight is 292 g/mol. The highest BCUT2D eigenvalue weighted by Gasteiger charge is 2.26. The number of aryl methyl sites for hydroxylation is 1. The number of pyridine rings is 1. The zero-order chi connectivity index (χ0) is 15.1. The largest absolute Gasteiger partial charge is 0.393 e. The summed E-state index contributed by atoms with van der Waals surface area (Å²) in [4.78, 5) is 6.25. The van der Waals surface area contributed by atoms with Crippen molar-refractivity contribution in [3.05, 3.63) is 35.5 Å². The van der Waals surface area contributed by atoms with Gasteiger partial charge < -0.3 is 10.0 Å². The Bertz CT molecular complexity index is 690. The number of aliphatic hydroxyl groups excluding tert-OH is 1. The first-order valence-corrected chi connectivity index (χ1v) is 7.15. The van der Waals surface area contributed by atoms with E-state index in [9.17, 15) is 13.9 Å². The SMILES string of the molecule is Cc1cc(N2CC[C@H](O)[C@@H](C)C2)c2ccc(F)c(F)c2n1. The Kier molecular flexibility index (Phi) is 3.53. The number of benzene rings is 1. The minimum Gasteiger partial charge on any atom is -0.393 e. The van der Waals surface area contributed by atoms with E-state index in [2.05, 4.69) is 9.88 Å². The Labute approximate surface area is 122 Å². The van der Waals surface area contributed by atoms with E-state index in [1.807, 2.05) is 13.0 Å². The van der Waals surface area contributed by atoms with Gasteiger partial charge in [0, 0.05) is 29.9 Å². The first kappa shape index (κ1) is 14.2. The molecule has 1 N–H and O–H groups in total. The van der Waals surface area contributed by atoms with Gasteiger partial charge in [0.25, 0.3) is 0 Å². The normalized spacial score (nSPS) is 22.8. The van der Waals surface area contributed by atoms with E-state index in [0.29, 0.717) is 30.6 Å². The topological polar surface area (TPSA) is 36.4 Å². The van der Waals surface area contributed by atoms with Gasteiger partial charge in [0.05, 0.1) is 6.10 Å². The summed E-state index contributed by atoms with van der Waals surface area (Å²) in [6.07, 6.45) is 0.373. The van der Waals surface area contributed by atoms with E-state index in [0.717, 1.165) is 11.8 Å². The summed E-state index contributed by atoms with van der Waals surface area (Å²) in [5, 5.41) is 10.5. The second-order valence-corrected chi connectivity index (χ2v) is 5.82. The van der Waals surface area contributed by atoms with Crippen molar-refractivity contribution in [2.45, 2.75) is 26.4 Å². The van der Waals surface area contributed by atoms with E-state index < -0.39 is 11.6 Å². The molecule has 112 valence electrons. The summed E-state index contributed by atoms with van der Waals surface area (Å²) in [6, 6.07) is 4.61. The summed E-state index contributed by atoms with van der Waals surface area (Å²) in [5.74, 6) is -1.64. The molecule has 0 amide bonds. The standard InChI is InChI=1S/C16H18F2N2O/c1-9-8-20(6-5-14(9)21)13-7-10(2)19-16-11(13)3-4-12(17)15(16)18/h3-4,7,9,14,21H,5-6,8H2,1-2H3/t9-,14-/m0/s1. The van der Waals surface area contributed by atoms with Crippen molar-refractivity contribution in [3.8, 4) is 0 Å². The molecule has 1 saturated heterocycles. The predicted molar refractivity (Wildman–Crippen MR) is 78.4 cm³/mol. The van der Waals surface area contributed by atoms with E-state index in [4.69, 9.17) is 0 Å². The second-order valence-electron chi connectivity index (χ2n) is 5.82. The highest BCUT2D eigenvalue weighted by Crippen LogP contribution is 2.32. The molecule has 1 aromatic carbocycles. The number of halogens is 2. The van der Waals surface area contributed by atoms with Crippen molar-refractivity contribution in [3.63, 3.8) is 0 Å². The lowest BCUT2D eigenvalue weighted by Gasteiger charge is -2.36. The van der Waals surface area contributed by atoms with Crippen LogP contribution in [0.5, 0.6) is 0 Å². The second kappa shape index (κ2) is 5.22. The summed E-state index contributed by atoms with van der Waals surface area (Å²) in [6.45, 7) is 5.16.